The lowest BCUT2D eigenvalue weighted by Crippen LogP contribution is -2.51. The average molecular weight is 513 g/mol. The Kier molecular flexibility index (Phi) is 8.23. The van der Waals surface area contributed by atoms with Crippen LogP contribution in [-0.4, -0.2) is 91.5 Å². The van der Waals surface area contributed by atoms with E-state index in [-0.39, 0.29) is 11.8 Å². The number of amides is 2. The van der Waals surface area contributed by atoms with Crippen LogP contribution < -0.4 is 4.90 Å². The molecule has 2 aromatic rings. The second kappa shape index (κ2) is 11.2. The number of likely N-dealkylation sites (tertiary alicyclic amines) is 1. The van der Waals surface area contributed by atoms with E-state index in [0.717, 1.165) is 51.3 Å². The molecule has 2 saturated heterocycles. The van der Waals surface area contributed by atoms with Crippen molar-refractivity contribution in [3.63, 3.8) is 0 Å². The quantitative estimate of drug-likeness (QED) is 0.643. The minimum absolute atomic E-state index is 0.0900. The molecule has 8 heteroatoms. The van der Waals surface area contributed by atoms with Gasteiger partial charge in [-0.05, 0) is 49.4 Å². The van der Waals surface area contributed by atoms with Crippen LogP contribution in [0.5, 0.6) is 0 Å². The highest BCUT2D eigenvalue weighted by Crippen LogP contribution is 2.28. The summed E-state index contributed by atoms with van der Waals surface area (Å²) in [5.74, 6) is 0.249. The number of halogens is 1. The zero-order valence-corrected chi connectivity index (χ0v) is 22.2. The summed E-state index contributed by atoms with van der Waals surface area (Å²) in [6.07, 6.45) is 1.90. The van der Waals surface area contributed by atoms with Gasteiger partial charge < -0.3 is 19.8 Å². The number of anilines is 1. The maximum absolute atomic E-state index is 13.0. The Bertz CT molecular complexity index is 1060. The fourth-order valence-corrected chi connectivity index (χ4v) is 5.44. The number of carbonyl (C=O) groups excluding carboxylic acids is 2. The van der Waals surface area contributed by atoms with Gasteiger partial charge in [0.1, 0.15) is 0 Å². The molecule has 36 heavy (non-hydrogen) atoms. The molecule has 0 aliphatic carbocycles. The summed E-state index contributed by atoms with van der Waals surface area (Å²) in [5, 5.41) is 11.4. The van der Waals surface area contributed by atoms with E-state index >= 15 is 0 Å². The topological polar surface area (TPSA) is 67.3 Å². The zero-order chi connectivity index (χ0) is 25.9. The monoisotopic (exact) mass is 512 g/mol. The molecule has 2 aliphatic heterocycles. The van der Waals surface area contributed by atoms with Gasteiger partial charge in [-0.1, -0.05) is 41.9 Å². The van der Waals surface area contributed by atoms with Crippen LogP contribution in [0.2, 0.25) is 5.02 Å². The van der Waals surface area contributed by atoms with Gasteiger partial charge in [-0.2, -0.15) is 0 Å². The molecule has 2 heterocycles. The normalized spacial score (nSPS) is 19.1. The highest BCUT2D eigenvalue weighted by atomic mass is 35.5. The third-order valence-corrected chi connectivity index (χ3v) is 7.81. The molecular formula is C28H37ClN4O3. The van der Waals surface area contributed by atoms with Crippen molar-refractivity contribution in [2.24, 2.45) is 5.92 Å². The van der Waals surface area contributed by atoms with Gasteiger partial charge in [0.15, 0.2) is 5.60 Å². The number of benzene rings is 2. The molecule has 1 atom stereocenters. The van der Waals surface area contributed by atoms with Crippen molar-refractivity contribution in [3.05, 3.63) is 64.7 Å². The summed E-state index contributed by atoms with van der Waals surface area (Å²) < 4.78 is 0. The Morgan fingerprint density at radius 3 is 2.22 bits per heavy atom. The molecule has 4 rings (SSSR count). The molecule has 0 bridgehead atoms. The molecule has 0 spiro atoms. The number of rotatable bonds is 6. The Morgan fingerprint density at radius 1 is 1.00 bits per heavy atom. The Morgan fingerprint density at radius 2 is 1.64 bits per heavy atom. The maximum atomic E-state index is 13.0. The lowest BCUT2D eigenvalue weighted by atomic mass is 9.91. The second-order valence-corrected chi connectivity index (χ2v) is 10.7. The summed E-state index contributed by atoms with van der Waals surface area (Å²) in [6.45, 7) is 7.75. The van der Waals surface area contributed by atoms with Gasteiger partial charge in [-0.3, -0.25) is 14.5 Å². The standard InChI is InChI=1S/C28H37ClN4O3/c1-28(36,22-7-5-4-6-8-22)27(35)33-13-11-21(12-14-33)20-31-15-17-32(18-16-31)23-9-10-24(25(29)19-23)26(34)30(2)3/h4-10,19,21,36H,11-18,20H2,1-3H3/t28-/m1/s1. The minimum Gasteiger partial charge on any atom is -0.376 e. The number of piperazine rings is 1. The number of carbonyl (C=O) groups is 2. The van der Waals surface area contributed by atoms with Crippen molar-refractivity contribution in [2.75, 3.05) is 64.8 Å². The van der Waals surface area contributed by atoms with Crippen molar-refractivity contribution in [1.82, 2.24) is 14.7 Å². The summed E-state index contributed by atoms with van der Waals surface area (Å²) >= 11 is 6.41. The van der Waals surface area contributed by atoms with E-state index in [1.54, 1.807) is 33.2 Å². The molecule has 2 aromatic carbocycles. The Labute approximate surface area is 219 Å². The van der Waals surface area contributed by atoms with Gasteiger partial charge in [0.25, 0.3) is 11.8 Å². The Balaban J connectivity index is 1.24. The highest BCUT2D eigenvalue weighted by molar-refractivity contribution is 6.34. The van der Waals surface area contributed by atoms with E-state index in [2.05, 4.69) is 9.80 Å². The van der Waals surface area contributed by atoms with E-state index < -0.39 is 5.60 Å². The van der Waals surface area contributed by atoms with E-state index in [9.17, 15) is 14.7 Å². The van der Waals surface area contributed by atoms with Crippen molar-refractivity contribution >= 4 is 29.1 Å². The number of piperidine rings is 1. The van der Waals surface area contributed by atoms with Crippen LogP contribution in [0.4, 0.5) is 5.69 Å². The fourth-order valence-electron chi connectivity index (χ4n) is 5.18. The number of hydrogen-bond acceptors (Lipinski definition) is 5. The average Bonchev–Trinajstić information content (AvgIpc) is 2.89. The predicted octanol–water partition coefficient (Wildman–Crippen LogP) is 3.31. The van der Waals surface area contributed by atoms with Crippen molar-refractivity contribution in [3.8, 4) is 0 Å². The van der Waals surface area contributed by atoms with Gasteiger partial charge in [-0.15, -0.1) is 0 Å². The molecule has 0 radical (unpaired) electrons. The smallest absolute Gasteiger partial charge is 0.258 e. The molecule has 7 nitrogen and oxygen atoms in total. The summed E-state index contributed by atoms with van der Waals surface area (Å²) in [7, 11) is 3.45. The second-order valence-electron chi connectivity index (χ2n) is 10.3. The van der Waals surface area contributed by atoms with E-state index in [0.29, 0.717) is 35.2 Å². The minimum atomic E-state index is -1.49. The largest absolute Gasteiger partial charge is 0.376 e. The predicted molar refractivity (Wildman–Crippen MR) is 143 cm³/mol. The molecule has 2 amide bonds. The van der Waals surface area contributed by atoms with Gasteiger partial charge in [0.2, 0.25) is 0 Å². The first-order valence-electron chi connectivity index (χ1n) is 12.7. The fraction of sp³-hybridized carbons (Fsp3) is 0.500. The number of nitrogens with zero attached hydrogens (tertiary/aromatic N) is 4. The molecule has 2 fully saturated rings. The molecule has 0 aromatic heterocycles. The molecule has 2 aliphatic rings. The number of hydrogen-bond donors (Lipinski definition) is 1. The third kappa shape index (κ3) is 5.85. The van der Waals surface area contributed by atoms with E-state index in [1.165, 1.54) is 4.90 Å². The van der Waals surface area contributed by atoms with Gasteiger partial charge in [0.05, 0.1) is 10.6 Å². The maximum Gasteiger partial charge on any atom is 0.258 e. The van der Waals surface area contributed by atoms with Crippen LogP contribution in [0.3, 0.4) is 0 Å². The van der Waals surface area contributed by atoms with Crippen LogP contribution in [0.25, 0.3) is 0 Å². The first-order valence-corrected chi connectivity index (χ1v) is 13.1. The summed E-state index contributed by atoms with van der Waals surface area (Å²) in [5.41, 5.74) is 0.715. The molecule has 194 valence electrons. The van der Waals surface area contributed by atoms with Crippen molar-refractivity contribution in [1.29, 1.82) is 0 Å². The third-order valence-electron chi connectivity index (χ3n) is 7.50. The van der Waals surface area contributed by atoms with Crippen LogP contribution in [0, 0.1) is 5.92 Å². The van der Waals surface area contributed by atoms with Crippen LogP contribution in [0.15, 0.2) is 48.5 Å². The summed E-state index contributed by atoms with van der Waals surface area (Å²) in [6, 6.07) is 14.9. The first-order chi connectivity index (χ1) is 17.2. The zero-order valence-electron chi connectivity index (χ0n) is 21.5. The van der Waals surface area contributed by atoms with Gasteiger partial charge in [-0.25, -0.2) is 0 Å². The lowest BCUT2D eigenvalue weighted by molar-refractivity contribution is -0.152. The summed E-state index contributed by atoms with van der Waals surface area (Å²) in [4.78, 5) is 33.4. The molecule has 0 unspecified atom stereocenters. The van der Waals surface area contributed by atoms with Gasteiger partial charge >= 0.3 is 0 Å². The molecule has 0 saturated carbocycles. The van der Waals surface area contributed by atoms with Crippen molar-refractivity contribution in [2.45, 2.75) is 25.4 Å². The molecular weight excluding hydrogens is 476 g/mol. The lowest BCUT2D eigenvalue weighted by Gasteiger charge is -2.40. The van der Waals surface area contributed by atoms with Crippen LogP contribution in [-0.2, 0) is 10.4 Å². The van der Waals surface area contributed by atoms with Crippen LogP contribution in [0.1, 0.15) is 35.7 Å². The highest BCUT2D eigenvalue weighted by Gasteiger charge is 2.37. The van der Waals surface area contributed by atoms with Gasteiger partial charge in [0, 0.05) is 65.6 Å². The van der Waals surface area contributed by atoms with E-state index in [1.807, 2.05) is 41.3 Å². The van der Waals surface area contributed by atoms with Crippen molar-refractivity contribution < 1.29 is 14.7 Å². The van der Waals surface area contributed by atoms with E-state index in [4.69, 9.17) is 11.6 Å². The molecule has 1 N–H and O–H groups in total. The Hall–Kier alpha value is -2.61. The SMILES string of the molecule is CN(C)C(=O)c1ccc(N2CCN(CC3CCN(C(=O)[C@](C)(O)c4ccccc4)CC3)CC2)cc1Cl. The first kappa shape index (κ1) is 26.5. The number of aliphatic hydroxyl groups is 1. The van der Waals surface area contributed by atoms with Crippen LogP contribution >= 0.6 is 11.6 Å².